The molecule has 2 aliphatic heterocycles. The number of hydrogen-bond acceptors (Lipinski definition) is 3. The highest BCUT2D eigenvalue weighted by Crippen LogP contribution is 2.58. The van der Waals surface area contributed by atoms with E-state index >= 15 is 0 Å². The van der Waals surface area contributed by atoms with Crippen molar-refractivity contribution >= 4 is 68.4 Å². The fourth-order valence-corrected chi connectivity index (χ4v) is 16.2. The lowest BCUT2D eigenvalue weighted by Gasteiger charge is -2.48. The number of hydrogen-bond donors (Lipinski definition) is 0. The first kappa shape index (κ1) is 48.0. The lowest BCUT2D eigenvalue weighted by Crippen LogP contribution is -2.61. The molecule has 1 saturated carbocycles. The molecule has 2 atom stereocenters. The van der Waals surface area contributed by atoms with Crippen molar-refractivity contribution in [1.82, 2.24) is 0 Å². The average molecular weight is 969 g/mol. The van der Waals surface area contributed by atoms with Crippen LogP contribution in [0.3, 0.4) is 0 Å². The zero-order valence-electron chi connectivity index (χ0n) is 48.1. The third-order valence-corrected chi connectivity index (χ3v) is 21.8. The Morgan fingerprint density at radius 2 is 0.849 bits per heavy atom. The van der Waals surface area contributed by atoms with E-state index in [4.69, 9.17) is 4.42 Å². The molecular formula is C69H85BN2O. The number of nitrogens with zero attached hydrogens (tertiary/aromatic N) is 2. The number of anilines is 6. The summed E-state index contributed by atoms with van der Waals surface area (Å²) in [7, 11) is 0. The molecule has 1 fully saturated rings. The third-order valence-electron chi connectivity index (χ3n) is 21.8. The van der Waals surface area contributed by atoms with Crippen LogP contribution >= 0.6 is 0 Å². The van der Waals surface area contributed by atoms with Crippen LogP contribution in [0.25, 0.3) is 11.0 Å². The first-order valence-electron chi connectivity index (χ1n) is 28.8. The second kappa shape index (κ2) is 14.6. The Bertz CT molecular complexity index is 3380. The van der Waals surface area contributed by atoms with Crippen molar-refractivity contribution in [2.45, 2.75) is 237 Å². The van der Waals surface area contributed by atoms with Gasteiger partial charge in [0.05, 0.1) is 0 Å². The fourth-order valence-electron chi connectivity index (χ4n) is 16.2. The van der Waals surface area contributed by atoms with Gasteiger partial charge in [0.1, 0.15) is 5.58 Å². The van der Waals surface area contributed by atoms with Crippen molar-refractivity contribution in [2.75, 3.05) is 9.80 Å². The van der Waals surface area contributed by atoms with Crippen molar-refractivity contribution in [1.29, 1.82) is 0 Å². The summed E-state index contributed by atoms with van der Waals surface area (Å²) < 4.78 is 7.80. The van der Waals surface area contributed by atoms with Gasteiger partial charge in [-0.15, -0.1) is 0 Å². The smallest absolute Gasteiger partial charge is 0.257 e. The summed E-state index contributed by atoms with van der Waals surface area (Å²) in [4.78, 5) is 5.38. The second-order valence-electron chi connectivity index (χ2n) is 30.7. The van der Waals surface area contributed by atoms with Crippen molar-refractivity contribution < 1.29 is 4.42 Å². The molecule has 3 heterocycles. The predicted octanol–water partition coefficient (Wildman–Crippen LogP) is 17.4. The van der Waals surface area contributed by atoms with E-state index in [2.05, 4.69) is 200 Å². The summed E-state index contributed by atoms with van der Waals surface area (Å²) in [6.07, 6.45) is 13.4. The number of furan rings is 1. The maximum atomic E-state index is 7.80. The van der Waals surface area contributed by atoms with Gasteiger partial charge in [0, 0.05) is 39.3 Å². The normalized spacial score (nSPS) is 26.0. The largest absolute Gasteiger partial charge is 0.440 e. The summed E-state index contributed by atoms with van der Waals surface area (Å²) in [6.45, 7) is 42.2. The van der Waals surface area contributed by atoms with Gasteiger partial charge < -0.3 is 9.32 Å². The highest BCUT2D eigenvalue weighted by Gasteiger charge is 2.52. The molecule has 0 radical (unpaired) electrons. The summed E-state index contributed by atoms with van der Waals surface area (Å²) in [5, 5.41) is 1.31. The summed E-state index contributed by atoms with van der Waals surface area (Å²) in [5.74, 6) is 1.01. The van der Waals surface area contributed by atoms with Gasteiger partial charge in [-0.25, -0.2) is 0 Å². The highest BCUT2D eigenvalue weighted by atomic mass is 16.4. The van der Waals surface area contributed by atoms with Gasteiger partial charge in [-0.05, 0) is 229 Å². The zero-order valence-corrected chi connectivity index (χ0v) is 48.1. The minimum atomic E-state index is -0.125. The van der Waals surface area contributed by atoms with Crippen LogP contribution in [-0.2, 0) is 48.7 Å². The molecule has 8 aliphatic rings. The molecule has 0 amide bonds. The molecule has 0 saturated heterocycles. The molecule has 6 aromatic rings. The van der Waals surface area contributed by atoms with E-state index in [1.165, 1.54) is 160 Å². The van der Waals surface area contributed by atoms with E-state index in [0.29, 0.717) is 0 Å². The van der Waals surface area contributed by atoms with E-state index in [-0.39, 0.29) is 55.4 Å². The number of fused-ring (bicyclic) bond motifs is 12. The van der Waals surface area contributed by atoms with E-state index < -0.39 is 0 Å². The van der Waals surface area contributed by atoms with Gasteiger partial charge in [0.15, 0.2) is 0 Å². The lowest BCUT2D eigenvalue weighted by atomic mass is 9.33. The Kier molecular flexibility index (Phi) is 9.60. The minimum absolute atomic E-state index is 0.0330. The van der Waals surface area contributed by atoms with E-state index in [1.54, 1.807) is 11.1 Å². The summed E-state index contributed by atoms with van der Waals surface area (Å²) >= 11 is 0. The average Bonchev–Trinajstić information content (AvgIpc) is 3.55. The molecule has 380 valence electrons. The second-order valence-corrected chi connectivity index (χ2v) is 30.7. The molecule has 2 bridgehead atoms. The topological polar surface area (TPSA) is 19.6 Å². The monoisotopic (exact) mass is 969 g/mol. The molecule has 3 nitrogen and oxygen atoms in total. The Labute approximate surface area is 440 Å². The first-order chi connectivity index (χ1) is 33.9. The van der Waals surface area contributed by atoms with Crippen molar-refractivity contribution in [3.63, 3.8) is 0 Å². The molecule has 1 aromatic heterocycles. The van der Waals surface area contributed by atoms with Gasteiger partial charge in [-0.3, -0.25) is 4.90 Å². The molecule has 6 aliphatic carbocycles. The van der Waals surface area contributed by atoms with Crippen molar-refractivity contribution in [2.24, 2.45) is 0 Å². The zero-order chi connectivity index (χ0) is 51.7. The van der Waals surface area contributed by atoms with Gasteiger partial charge in [0.2, 0.25) is 5.88 Å². The highest BCUT2D eigenvalue weighted by molar-refractivity contribution is 7.01. The van der Waals surface area contributed by atoms with Crippen molar-refractivity contribution in [3.8, 4) is 0 Å². The summed E-state index contributed by atoms with van der Waals surface area (Å²) in [5.41, 5.74) is 25.8. The Morgan fingerprint density at radius 3 is 1.36 bits per heavy atom. The van der Waals surface area contributed by atoms with E-state index in [0.717, 1.165) is 11.5 Å². The van der Waals surface area contributed by atoms with Gasteiger partial charge in [-0.1, -0.05) is 142 Å². The Hall–Kier alpha value is -4.70. The molecule has 4 heteroatoms. The van der Waals surface area contributed by atoms with Crippen LogP contribution in [0.5, 0.6) is 0 Å². The Balaban J connectivity index is 1.19. The minimum Gasteiger partial charge on any atom is -0.440 e. The van der Waals surface area contributed by atoms with Gasteiger partial charge in [-0.2, -0.15) is 0 Å². The van der Waals surface area contributed by atoms with Gasteiger partial charge >= 0.3 is 0 Å². The van der Waals surface area contributed by atoms with Crippen LogP contribution in [-0.4, -0.2) is 6.71 Å². The van der Waals surface area contributed by atoms with Crippen molar-refractivity contribution in [3.05, 3.63) is 123 Å². The molecule has 14 rings (SSSR count). The predicted molar refractivity (Wildman–Crippen MR) is 313 cm³/mol. The van der Waals surface area contributed by atoms with Crippen LogP contribution in [0.15, 0.2) is 77.2 Å². The summed E-state index contributed by atoms with van der Waals surface area (Å²) in [6, 6.07) is 31.1. The molecular weight excluding hydrogens is 884 g/mol. The van der Waals surface area contributed by atoms with Crippen LogP contribution < -0.4 is 26.2 Å². The Morgan fingerprint density at radius 1 is 0.411 bits per heavy atom. The maximum absolute atomic E-state index is 7.80. The van der Waals surface area contributed by atoms with E-state index in [1.807, 2.05) is 0 Å². The number of rotatable bonds is 2. The molecule has 5 aromatic carbocycles. The standard InChI is InChI=1S/C69H85BN2O/c1-61(2,3)41-33-55-59-56(34-41)72(43-20-22-46-48(36-43)65(10,11)28-26-63(46,6)7)60-58(44-37-51-52(40-57(44)73-60)69(17)24-18-23-68(51,16)31-32-69)70(59)53-38-49-50(67(14,15)30-29-66(49,12)13)39-54(53)71(55)42-19-21-45-47(35-42)64(8,9)27-25-62(45,4)5/h19-22,33-40H,18,23-32H2,1-17H3. The molecule has 2 unspecified atom stereocenters. The maximum Gasteiger partial charge on any atom is 0.257 e. The van der Waals surface area contributed by atoms with Crippen LogP contribution in [0.2, 0.25) is 0 Å². The van der Waals surface area contributed by atoms with Crippen LogP contribution in [0.1, 0.15) is 238 Å². The SMILES string of the molecule is CC(C)(C)c1cc2c3c(c1)N(c1ccc4c(c1)C(C)(C)CCC4(C)C)c1oc4cc5c(cc4c1B3c1cc3c(cc1N2c1ccc2c(c1)C(C)(C)CCC2(C)C)C(C)(C)CCC3(C)C)C1(C)CCCC5(C)CC1. The molecule has 0 N–H and O–H groups in total. The quantitative estimate of drug-likeness (QED) is 0.161. The fraction of sp³-hybridized carbons (Fsp3) is 0.536. The van der Waals surface area contributed by atoms with Gasteiger partial charge in [0.25, 0.3) is 6.71 Å². The third kappa shape index (κ3) is 6.68. The molecule has 73 heavy (non-hydrogen) atoms. The lowest BCUT2D eigenvalue weighted by molar-refractivity contribution is 0.332. The number of benzene rings is 5. The molecule has 0 spiro atoms. The van der Waals surface area contributed by atoms with E-state index in [9.17, 15) is 0 Å². The van der Waals surface area contributed by atoms with Crippen LogP contribution in [0, 0.1) is 0 Å². The van der Waals surface area contributed by atoms with Crippen LogP contribution in [0.4, 0.5) is 34.3 Å². The first-order valence-corrected chi connectivity index (χ1v) is 28.8.